The molecule has 0 saturated carbocycles. The van der Waals surface area contributed by atoms with E-state index in [-0.39, 0.29) is 31.2 Å². The molecule has 0 aromatic heterocycles. The molecule has 1 atom stereocenters. The summed E-state index contributed by atoms with van der Waals surface area (Å²) < 4.78 is 0. The van der Waals surface area contributed by atoms with Crippen molar-refractivity contribution in [2.24, 2.45) is 5.73 Å². The molecule has 4 amide bonds. The van der Waals surface area contributed by atoms with Gasteiger partial charge in [-0.1, -0.05) is 12.1 Å². The van der Waals surface area contributed by atoms with Gasteiger partial charge in [-0.05, 0) is 31.0 Å². The van der Waals surface area contributed by atoms with Crippen LogP contribution in [0.1, 0.15) is 39.1 Å². The molecule has 3 N–H and O–H groups in total. The van der Waals surface area contributed by atoms with E-state index in [4.69, 9.17) is 5.73 Å². The second kappa shape index (κ2) is 6.47. The minimum absolute atomic E-state index is 0. The Morgan fingerprint density at radius 2 is 1.91 bits per heavy atom. The zero-order valence-electron chi connectivity index (χ0n) is 12.2. The molecule has 7 nitrogen and oxygen atoms in total. The van der Waals surface area contributed by atoms with Crippen molar-refractivity contribution >= 4 is 36.0 Å². The van der Waals surface area contributed by atoms with Gasteiger partial charge in [-0.3, -0.25) is 29.4 Å². The molecule has 0 radical (unpaired) electrons. The van der Waals surface area contributed by atoms with E-state index in [2.05, 4.69) is 5.32 Å². The molecule has 1 unspecified atom stereocenters. The summed E-state index contributed by atoms with van der Waals surface area (Å²) in [4.78, 5) is 49.3. The van der Waals surface area contributed by atoms with Crippen molar-refractivity contribution in [3.05, 3.63) is 34.9 Å². The Morgan fingerprint density at radius 1 is 1.17 bits per heavy atom. The summed E-state index contributed by atoms with van der Waals surface area (Å²) in [5.41, 5.74) is 6.85. The first-order chi connectivity index (χ1) is 10.5. The largest absolute Gasteiger partial charge is 0.330 e. The summed E-state index contributed by atoms with van der Waals surface area (Å²) in [6.07, 6.45) is 0.743. The molecule has 3 rings (SSSR count). The van der Waals surface area contributed by atoms with Gasteiger partial charge in [0.2, 0.25) is 11.8 Å². The second-order valence-electron chi connectivity index (χ2n) is 5.33. The van der Waals surface area contributed by atoms with Gasteiger partial charge < -0.3 is 5.73 Å². The highest BCUT2D eigenvalue weighted by molar-refractivity contribution is 6.24. The fourth-order valence-corrected chi connectivity index (χ4v) is 2.95. The van der Waals surface area contributed by atoms with Crippen molar-refractivity contribution in [1.82, 2.24) is 10.2 Å². The first-order valence-corrected chi connectivity index (χ1v) is 7.08. The van der Waals surface area contributed by atoms with Crippen LogP contribution in [0.4, 0.5) is 0 Å². The lowest BCUT2D eigenvalue weighted by Crippen LogP contribution is -2.54. The number of fused-ring (bicyclic) bond motifs is 1. The molecular formula is C15H16ClN3O4. The molecule has 1 aromatic rings. The van der Waals surface area contributed by atoms with E-state index < -0.39 is 23.8 Å². The highest BCUT2D eigenvalue weighted by Gasteiger charge is 2.45. The fraction of sp³-hybridized carbons (Fsp3) is 0.333. The molecule has 23 heavy (non-hydrogen) atoms. The maximum atomic E-state index is 12.6. The second-order valence-corrected chi connectivity index (χ2v) is 5.33. The normalized spacial score (nSPS) is 20.2. The van der Waals surface area contributed by atoms with Gasteiger partial charge in [-0.25, -0.2) is 0 Å². The number of amides is 4. The number of hydrogen-bond acceptors (Lipinski definition) is 5. The highest BCUT2D eigenvalue weighted by Crippen LogP contribution is 2.29. The summed E-state index contributed by atoms with van der Waals surface area (Å²) >= 11 is 0. The average molecular weight is 338 g/mol. The molecule has 0 bridgehead atoms. The molecule has 1 aromatic carbocycles. The van der Waals surface area contributed by atoms with Gasteiger partial charge in [0.15, 0.2) is 0 Å². The van der Waals surface area contributed by atoms with Gasteiger partial charge in [0.05, 0.1) is 11.1 Å². The summed E-state index contributed by atoms with van der Waals surface area (Å²) in [5.74, 6) is -1.97. The van der Waals surface area contributed by atoms with E-state index in [9.17, 15) is 19.2 Å². The van der Waals surface area contributed by atoms with Crippen LogP contribution in [0.5, 0.6) is 0 Å². The number of piperidine rings is 1. The average Bonchev–Trinajstić information content (AvgIpc) is 2.73. The third-order valence-electron chi connectivity index (χ3n) is 3.97. The summed E-state index contributed by atoms with van der Waals surface area (Å²) in [6.45, 7) is 0.357. The molecule has 1 saturated heterocycles. The number of benzene rings is 1. The van der Waals surface area contributed by atoms with E-state index in [1.165, 1.54) is 0 Å². The van der Waals surface area contributed by atoms with Crippen LogP contribution in [0.25, 0.3) is 0 Å². The standard InChI is InChI=1S/C15H15N3O4.ClH/c16-7-6-8-2-1-3-9-12(8)15(22)18(14(9)21)10-4-5-11(19)17-13(10)20;/h1-3,10H,4-7,16H2,(H,17,19,20);1H. The Labute approximate surface area is 138 Å². The molecule has 122 valence electrons. The molecule has 1 fully saturated rings. The number of halogens is 1. The highest BCUT2D eigenvalue weighted by atomic mass is 35.5. The molecule has 0 aliphatic carbocycles. The number of carbonyl (C=O) groups excluding carboxylic acids is 4. The van der Waals surface area contributed by atoms with Crippen molar-refractivity contribution in [3.63, 3.8) is 0 Å². The number of nitrogens with zero attached hydrogens (tertiary/aromatic N) is 1. The Bertz CT molecular complexity index is 704. The molecule has 0 spiro atoms. The van der Waals surface area contributed by atoms with Crippen LogP contribution in [0.15, 0.2) is 18.2 Å². The minimum Gasteiger partial charge on any atom is -0.330 e. The lowest BCUT2D eigenvalue weighted by molar-refractivity contribution is -0.136. The zero-order chi connectivity index (χ0) is 15.9. The van der Waals surface area contributed by atoms with Crippen molar-refractivity contribution in [1.29, 1.82) is 0 Å². The SMILES string of the molecule is Cl.NCCc1cccc2c1C(=O)N(C1CCC(=O)NC1=O)C2=O. The predicted molar refractivity (Wildman–Crippen MR) is 83.1 cm³/mol. The smallest absolute Gasteiger partial charge is 0.262 e. The number of nitrogens with one attached hydrogen (secondary N) is 1. The van der Waals surface area contributed by atoms with Crippen LogP contribution in [0, 0.1) is 0 Å². The maximum absolute atomic E-state index is 12.6. The Balaban J connectivity index is 0.00000192. The number of hydrogen-bond donors (Lipinski definition) is 2. The minimum atomic E-state index is -0.934. The van der Waals surface area contributed by atoms with Crippen LogP contribution in [-0.4, -0.2) is 41.1 Å². The molecule has 2 aliphatic heterocycles. The topological polar surface area (TPSA) is 110 Å². The van der Waals surface area contributed by atoms with Crippen molar-refractivity contribution in [3.8, 4) is 0 Å². The maximum Gasteiger partial charge on any atom is 0.262 e. The van der Waals surface area contributed by atoms with Gasteiger partial charge in [-0.15, -0.1) is 12.4 Å². The Hall–Kier alpha value is -2.25. The third-order valence-corrected chi connectivity index (χ3v) is 3.97. The lowest BCUT2D eigenvalue weighted by atomic mass is 10.0. The van der Waals surface area contributed by atoms with Crippen LogP contribution in [-0.2, 0) is 16.0 Å². The Morgan fingerprint density at radius 3 is 2.57 bits per heavy atom. The first-order valence-electron chi connectivity index (χ1n) is 7.08. The lowest BCUT2D eigenvalue weighted by Gasteiger charge is -2.27. The molecule has 2 heterocycles. The summed E-state index contributed by atoms with van der Waals surface area (Å²) in [6, 6.07) is 4.09. The van der Waals surface area contributed by atoms with E-state index in [1.54, 1.807) is 18.2 Å². The Kier molecular flexibility index (Phi) is 4.82. The zero-order valence-corrected chi connectivity index (χ0v) is 13.0. The molecule has 8 heteroatoms. The van der Waals surface area contributed by atoms with Crippen molar-refractivity contribution < 1.29 is 19.2 Å². The first kappa shape index (κ1) is 17.1. The summed E-state index contributed by atoms with van der Waals surface area (Å²) in [5, 5.41) is 2.17. The van der Waals surface area contributed by atoms with Gasteiger partial charge in [0, 0.05) is 6.42 Å². The molecule has 2 aliphatic rings. The molecular weight excluding hydrogens is 322 g/mol. The van der Waals surface area contributed by atoms with E-state index in [1.807, 2.05) is 0 Å². The number of nitrogens with two attached hydrogens (primary N) is 1. The van der Waals surface area contributed by atoms with Gasteiger partial charge in [0.25, 0.3) is 11.8 Å². The van der Waals surface area contributed by atoms with Crippen LogP contribution in [0.2, 0.25) is 0 Å². The van der Waals surface area contributed by atoms with Crippen LogP contribution < -0.4 is 11.1 Å². The quantitative estimate of drug-likeness (QED) is 0.755. The van der Waals surface area contributed by atoms with Crippen LogP contribution >= 0.6 is 12.4 Å². The van der Waals surface area contributed by atoms with Gasteiger partial charge in [-0.2, -0.15) is 0 Å². The summed E-state index contributed by atoms with van der Waals surface area (Å²) in [7, 11) is 0. The number of imide groups is 2. The van der Waals surface area contributed by atoms with E-state index in [0.717, 1.165) is 4.90 Å². The predicted octanol–water partition coefficient (Wildman–Crippen LogP) is 0.0108. The third kappa shape index (κ3) is 2.73. The van der Waals surface area contributed by atoms with E-state index in [0.29, 0.717) is 29.7 Å². The van der Waals surface area contributed by atoms with Crippen molar-refractivity contribution in [2.75, 3.05) is 6.54 Å². The fourth-order valence-electron chi connectivity index (χ4n) is 2.95. The van der Waals surface area contributed by atoms with E-state index >= 15 is 0 Å². The van der Waals surface area contributed by atoms with Gasteiger partial charge in [0.1, 0.15) is 6.04 Å². The van der Waals surface area contributed by atoms with Crippen LogP contribution in [0.3, 0.4) is 0 Å². The van der Waals surface area contributed by atoms with Crippen molar-refractivity contribution in [2.45, 2.75) is 25.3 Å². The van der Waals surface area contributed by atoms with Gasteiger partial charge >= 0.3 is 0 Å². The monoisotopic (exact) mass is 337 g/mol. The number of rotatable bonds is 3. The number of carbonyl (C=O) groups is 4.